The van der Waals surface area contributed by atoms with Crippen LogP contribution in [0.4, 0.5) is 0 Å². The summed E-state index contributed by atoms with van der Waals surface area (Å²) in [6.45, 7) is 3.26. The number of aromatic amines is 1. The molecule has 3 heterocycles. The van der Waals surface area contributed by atoms with Gasteiger partial charge in [-0.1, -0.05) is 24.3 Å². The Balaban J connectivity index is 1.45. The maximum absolute atomic E-state index is 12.1. The molecule has 0 saturated carbocycles. The minimum absolute atomic E-state index is 0.146. The highest BCUT2D eigenvalue weighted by Crippen LogP contribution is 2.18. The zero-order chi connectivity index (χ0) is 19.3. The van der Waals surface area contributed by atoms with Crippen molar-refractivity contribution in [1.82, 2.24) is 24.6 Å². The van der Waals surface area contributed by atoms with Crippen LogP contribution in [0.5, 0.6) is 0 Å². The molecule has 0 radical (unpaired) electrons. The van der Waals surface area contributed by atoms with E-state index in [0.29, 0.717) is 18.8 Å². The predicted octanol–water partition coefficient (Wildman–Crippen LogP) is 1.83. The van der Waals surface area contributed by atoms with Crippen LogP contribution < -0.4 is 5.56 Å². The number of benzene rings is 1. The van der Waals surface area contributed by atoms with Gasteiger partial charge in [0.1, 0.15) is 5.82 Å². The summed E-state index contributed by atoms with van der Waals surface area (Å²) in [6.07, 6.45) is 6.00. The summed E-state index contributed by atoms with van der Waals surface area (Å²) in [6, 6.07) is 11.5. The highest BCUT2D eigenvalue weighted by atomic mass is 16.3. The Morgan fingerprint density at radius 2 is 2.11 bits per heavy atom. The molecule has 0 bridgehead atoms. The number of likely N-dealkylation sites (tertiary alicyclic amines) is 1. The molecule has 1 fully saturated rings. The van der Waals surface area contributed by atoms with Gasteiger partial charge in [0.2, 0.25) is 0 Å². The van der Waals surface area contributed by atoms with Crippen molar-refractivity contribution in [3.05, 3.63) is 70.4 Å². The van der Waals surface area contributed by atoms with Crippen LogP contribution in [0, 0.1) is 0 Å². The van der Waals surface area contributed by atoms with E-state index in [4.69, 9.17) is 0 Å². The van der Waals surface area contributed by atoms with E-state index in [9.17, 15) is 9.90 Å². The molecule has 2 N–H and O–H groups in total. The minimum Gasteiger partial charge on any atom is -0.392 e. The van der Waals surface area contributed by atoms with Crippen molar-refractivity contribution in [3.63, 3.8) is 0 Å². The van der Waals surface area contributed by atoms with E-state index in [1.54, 1.807) is 12.3 Å². The van der Waals surface area contributed by atoms with E-state index in [0.717, 1.165) is 43.7 Å². The molecule has 4 rings (SSSR count). The van der Waals surface area contributed by atoms with Gasteiger partial charge in [0, 0.05) is 50.1 Å². The van der Waals surface area contributed by atoms with Crippen LogP contribution in [0.1, 0.15) is 24.1 Å². The molecule has 1 aliphatic heterocycles. The molecule has 0 amide bonds. The molecule has 7 nitrogen and oxygen atoms in total. The highest BCUT2D eigenvalue weighted by molar-refractivity contribution is 5.55. The van der Waals surface area contributed by atoms with Crippen LogP contribution in [0.3, 0.4) is 0 Å². The zero-order valence-electron chi connectivity index (χ0n) is 15.8. The van der Waals surface area contributed by atoms with Crippen molar-refractivity contribution in [2.75, 3.05) is 13.1 Å². The summed E-state index contributed by atoms with van der Waals surface area (Å²) in [5.74, 6) is 0.586. The molecule has 1 atom stereocenters. The molecule has 7 heteroatoms. The topological polar surface area (TPSA) is 87.0 Å². The number of rotatable bonds is 6. The van der Waals surface area contributed by atoms with Gasteiger partial charge in [0.15, 0.2) is 0 Å². The average Bonchev–Trinajstić information content (AvgIpc) is 3.20. The van der Waals surface area contributed by atoms with E-state index < -0.39 is 0 Å². The molecule has 0 unspecified atom stereocenters. The number of nitrogens with zero attached hydrogens (tertiary/aromatic N) is 4. The largest absolute Gasteiger partial charge is 0.392 e. The first kappa shape index (κ1) is 18.6. The third-order valence-corrected chi connectivity index (χ3v) is 5.07. The Morgan fingerprint density at radius 3 is 2.86 bits per heavy atom. The number of hydrogen-bond acceptors (Lipinski definition) is 5. The number of aliphatic hydroxyl groups excluding tert-OH is 1. The average molecular weight is 379 g/mol. The van der Waals surface area contributed by atoms with Gasteiger partial charge in [-0.25, -0.2) is 4.98 Å². The summed E-state index contributed by atoms with van der Waals surface area (Å²) < 4.78 is 1.83. The smallest absolute Gasteiger partial charge is 0.251 e. The third kappa shape index (κ3) is 4.74. The molecule has 2 aromatic heterocycles. The number of aryl methyl sites for hydroxylation is 2. The van der Waals surface area contributed by atoms with E-state index >= 15 is 0 Å². The normalized spacial score (nSPS) is 17.7. The first-order valence-electron chi connectivity index (χ1n) is 9.73. The first-order valence-corrected chi connectivity index (χ1v) is 9.73. The number of nitrogens with one attached hydrogen (secondary N) is 1. The molecule has 0 aliphatic carbocycles. The lowest BCUT2D eigenvalue weighted by Crippen LogP contribution is -2.37. The summed E-state index contributed by atoms with van der Waals surface area (Å²) in [5.41, 5.74) is 2.68. The number of H-pyrrole nitrogens is 1. The van der Waals surface area contributed by atoms with Crippen molar-refractivity contribution >= 4 is 0 Å². The number of aromatic nitrogens is 4. The molecule has 28 heavy (non-hydrogen) atoms. The lowest BCUT2D eigenvalue weighted by atomic mass is 10.1. The van der Waals surface area contributed by atoms with Crippen molar-refractivity contribution in [1.29, 1.82) is 0 Å². The number of piperidine rings is 1. The molecule has 1 aliphatic rings. The number of β-amino-alcohol motifs (C(OH)–C–C–N with tert-alkyl or cyclic N) is 1. The number of hydrogen-bond donors (Lipinski definition) is 2. The fourth-order valence-corrected chi connectivity index (χ4v) is 3.64. The minimum atomic E-state index is -0.216. The Kier molecular flexibility index (Phi) is 5.64. The van der Waals surface area contributed by atoms with E-state index in [2.05, 4.69) is 32.1 Å². The summed E-state index contributed by atoms with van der Waals surface area (Å²) in [4.78, 5) is 21.8. The molecule has 0 spiro atoms. The maximum atomic E-state index is 12.1. The quantitative estimate of drug-likeness (QED) is 0.682. The lowest BCUT2D eigenvalue weighted by Gasteiger charge is -2.29. The van der Waals surface area contributed by atoms with Crippen molar-refractivity contribution in [2.24, 2.45) is 0 Å². The zero-order valence-corrected chi connectivity index (χ0v) is 15.8. The summed E-state index contributed by atoms with van der Waals surface area (Å²) >= 11 is 0. The molecular weight excluding hydrogens is 354 g/mol. The van der Waals surface area contributed by atoms with Crippen molar-refractivity contribution in [3.8, 4) is 11.4 Å². The van der Waals surface area contributed by atoms with Gasteiger partial charge < -0.3 is 10.1 Å². The fraction of sp³-hybridized carbons (Fsp3) is 0.381. The summed E-state index contributed by atoms with van der Waals surface area (Å²) in [5, 5.41) is 14.0. The Bertz CT molecular complexity index is 950. The van der Waals surface area contributed by atoms with Crippen LogP contribution in [0.2, 0.25) is 0 Å². The van der Waals surface area contributed by atoms with Gasteiger partial charge in [0.05, 0.1) is 11.8 Å². The van der Waals surface area contributed by atoms with Gasteiger partial charge in [-0.05, 0) is 31.0 Å². The highest BCUT2D eigenvalue weighted by Gasteiger charge is 2.17. The van der Waals surface area contributed by atoms with Gasteiger partial charge in [-0.15, -0.1) is 0 Å². The third-order valence-electron chi connectivity index (χ3n) is 5.07. The Morgan fingerprint density at radius 1 is 1.25 bits per heavy atom. The van der Waals surface area contributed by atoms with Gasteiger partial charge in [-0.2, -0.15) is 5.10 Å². The maximum Gasteiger partial charge on any atom is 0.251 e. The van der Waals surface area contributed by atoms with E-state index in [1.165, 1.54) is 5.56 Å². The van der Waals surface area contributed by atoms with E-state index in [1.807, 2.05) is 29.1 Å². The SMILES string of the molecule is O=c1cc(CCn2cccn2)nc(-c2ccc(CN3CCC[C@H](O)C3)cc2)[nH]1. The molecule has 1 aromatic carbocycles. The standard InChI is InChI=1S/C21H25N5O2/c27-19-3-1-10-25(15-19)14-16-4-6-17(7-5-16)21-23-18(13-20(28)24-21)8-12-26-11-2-9-22-26/h2,4-7,9,11,13,19,27H,1,3,8,10,12,14-15H2,(H,23,24,28)/t19-/m0/s1. The number of aliphatic hydroxyl groups is 1. The summed E-state index contributed by atoms with van der Waals surface area (Å²) in [7, 11) is 0. The fourth-order valence-electron chi connectivity index (χ4n) is 3.64. The van der Waals surface area contributed by atoms with Crippen molar-refractivity contribution < 1.29 is 5.11 Å². The first-order chi connectivity index (χ1) is 13.7. The second-order valence-corrected chi connectivity index (χ2v) is 7.33. The Labute approximate surface area is 163 Å². The van der Waals surface area contributed by atoms with Crippen molar-refractivity contribution in [2.45, 2.75) is 38.5 Å². The van der Waals surface area contributed by atoms with Crippen LogP contribution in [-0.2, 0) is 19.5 Å². The molecule has 1 saturated heterocycles. The van der Waals surface area contributed by atoms with Gasteiger partial charge in [0.25, 0.3) is 5.56 Å². The van der Waals surface area contributed by atoms with Crippen LogP contribution in [0.15, 0.2) is 53.6 Å². The monoisotopic (exact) mass is 379 g/mol. The van der Waals surface area contributed by atoms with Crippen LogP contribution in [-0.4, -0.2) is 48.9 Å². The second kappa shape index (κ2) is 8.50. The predicted molar refractivity (Wildman–Crippen MR) is 107 cm³/mol. The van der Waals surface area contributed by atoms with Gasteiger partial charge >= 0.3 is 0 Å². The van der Waals surface area contributed by atoms with Crippen LogP contribution >= 0.6 is 0 Å². The molecule has 146 valence electrons. The van der Waals surface area contributed by atoms with Crippen LogP contribution in [0.25, 0.3) is 11.4 Å². The Hall–Kier alpha value is -2.77. The van der Waals surface area contributed by atoms with E-state index in [-0.39, 0.29) is 11.7 Å². The van der Waals surface area contributed by atoms with Gasteiger partial charge in [-0.3, -0.25) is 14.4 Å². The molecule has 3 aromatic rings. The molecular formula is C21H25N5O2. The second-order valence-electron chi connectivity index (χ2n) is 7.33. The lowest BCUT2D eigenvalue weighted by molar-refractivity contribution is 0.0668.